The second kappa shape index (κ2) is 16.3. The van der Waals surface area contributed by atoms with Gasteiger partial charge in [0, 0.05) is 6.04 Å². The third kappa shape index (κ3) is 12.2. The van der Waals surface area contributed by atoms with Crippen molar-refractivity contribution in [3.05, 3.63) is 0 Å². The van der Waals surface area contributed by atoms with Gasteiger partial charge in [0.05, 0.1) is 0 Å². The second-order valence-electron chi connectivity index (χ2n) is 6.74. The Morgan fingerprint density at radius 3 is 1.71 bits per heavy atom. The van der Waals surface area contributed by atoms with Gasteiger partial charge < -0.3 is 5.32 Å². The molecule has 0 fully saturated rings. The van der Waals surface area contributed by atoms with E-state index in [-0.39, 0.29) is 0 Å². The van der Waals surface area contributed by atoms with Crippen molar-refractivity contribution in [1.82, 2.24) is 5.32 Å². The fraction of sp³-hybridized carbons (Fsp3) is 1.00. The predicted octanol–water partition coefficient (Wildman–Crippen LogP) is 6.71. The van der Waals surface area contributed by atoms with Gasteiger partial charge in [0.25, 0.3) is 0 Å². The maximum Gasteiger partial charge on any atom is 0.00951 e. The number of rotatable bonds is 16. The van der Waals surface area contributed by atoms with Crippen LogP contribution in [0.25, 0.3) is 0 Å². The molecule has 21 heavy (non-hydrogen) atoms. The van der Waals surface area contributed by atoms with Crippen molar-refractivity contribution >= 4 is 0 Å². The summed E-state index contributed by atoms with van der Waals surface area (Å²) in [4.78, 5) is 0. The largest absolute Gasteiger partial charge is 0.314 e. The average Bonchev–Trinajstić information content (AvgIpc) is 2.50. The van der Waals surface area contributed by atoms with Gasteiger partial charge in [-0.1, -0.05) is 98.3 Å². The van der Waals surface area contributed by atoms with E-state index in [1.165, 1.54) is 83.5 Å². The Morgan fingerprint density at radius 1 is 0.619 bits per heavy atom. The molecule has 1 nitrogen and oxygen atoms in total. The van der Waals surface area contributed by atoms with Gasteiger partial charge in [0.2, 0.25) is 0 Å². The fourth-order valence-electron chi connectivity index (χ4n) is 3.42. The molecule has 0 radical (unpaired) electrons. The van der Waals surface area contributed by atoms with Crippen molar-refractivity contribution in [2.75, 3.05) is 6.54 Å². The van der Waals surface area contributed by atoms with Gasteiger partial charge in [0.1, 0.15) is 0 Å². The third-order valence-corrected chi connectivity index (χ3v) is 4.86. The third-order valence-electron chi connectivity index (χ3n) is 4.86. The molecule has 2 unspecified atom stereocenters. The lowest BCUT2D eigenvalue weighted by molar-refractivity contribution is 0.299. The maximum atomic E-state index is 3.76. The van der Waals surface area contributed by atoms with Crippen LogP contribution in [-0.2, 0) is 0 Å². The van der Waals surface area contributed by atoms with Gasteiger partial charge in [-0.15, -0.1) is 0 Å². The van der Waals surface area contributed by atoms with Gasteiger partial charge in [0.15, 0.2) is 0 Å². The van der Waals surface area contributed by atoms with Crippen molar-refractivity contribution in [1.29, 1.82) is 0 Å². The average molecular weight is 298 g/mol. The molecule has 0 aromatic carbocycles. The molecule has 0 aliphatic heterocycles. The molecule has 0 saturated carbocycles. The summed E-state index contributed by atoms with van der Waals surface area (Å²) in [5.74, 6) is 0.898. The van der Waals surface area contributed by atoms with E-state index in [0.29, 0.717) is 0 Å². The molecule has 0 aromatic rings. The first kappa shape index (κ1) is 21.0. The smallest absolute Gasteiger partial charge is 0.00951 e. The van der Waals surface area contributed by atoms with Crippen molar-refractivity contribution < 1.29 is 0 Å². The minimum absolute atomic E-state index is 0.770. The van der Waals surface area contributed by atoms with E-state index in [0.717, 1.165) is 18.5 Å². The zero-order valence-corrected chi connectivity index (χ0v) is 15.6. The van der Waals surface area contributed by atoms with Crippen molar-refractivity contribution in [3.8, 4) is 0 Å². The molecule has 0 aromatic heterocycles. The second-order valence-corrected chi connectivity index (χ2v) is 6.74. The van der Waals surface area contributed by atoms with Crippen LogP contribution in [0, 0.1) is 5.92 Å². The Kier molecular flexibility index (Phi) is 16.3. The van der Waals surface area contributed by atoms with Crippen molar-refractivity contribution in [3.63, 3.8) is 0 Å². The zero-order valence-electron chi connectivity index (χ0n) is 15.6. The van der Waals surface area contributed by atoms with Crippen molar-refractivity contribution in [2.45, 2.75) is 117 Å². The quantitative estimate of drug-likeness (QED) is 0.312. The van der Waals surface area contributed by atoms with E-state index in [2.05, 4.69) is 33.0 Å². The molecule has 0 spiro atoms. The molecule has 128 valence electrons. The highest BCUT2D eigenvalue weighted by Gasteiger charge is 2.17. The highest BCUT2D eigenvalue weighted by molar-refractivity contribution is 4.75. The van der Waals surface area contributed by atoms with E-state index in [1.54, 1.807) is 0 Å². The summed E-state index contributed by atoms with van der Waals surface area (Å²) in [5, 5.41) is 3.76. The van der Waals surface area contributed by atoms with Gasteiger partial charge in [-0.05, 0) is 25.3 Å². The molecule has 0 rings (SSSR count). The van der Waals surface area contributed by atoms with Gasteiger partial charge in [-0.25, -0.2) is 0 Å². The summed E-state index contributed by atoms with van der Waals surface area (Å²) in [6.45, 7) is 10.4. The predicted molar refractivity (Wildman–Crippen MR) is 98.0 cm³/mol. The number of hydrogen-bond donors (Lipinski definition) is 1. The molecule has 0 aliphatic rings. The highest BCUT2D eigenvalue weighted by atomic mass is 14.9. The van der Waals surface area contributed by atoms with E-state index in [4.69, 9.17) is 0 Å². The molecule has 1 heteroatoms. The topological polar surface area (TPSA) is 12.0 Å². The van der Waals surface area contributed by atoms with Crippen LogP contribution >= 0.6 is 0 Å². The van der Waals surface area contributed by atoms with Crippen LogP contribution in [0.2, 0.25) is 0 Å². The van der Waals surface area contributed by atoms with Gasteiger partial charge in [-0.2, -0.15) is 0 Å². The lowest BCUT2D eigenvalue weighted by Gasteiger charge is -2.27. The normalized spacial score (nSPS) is 14.3. The van der Waals surface area contributed by atoms with Crippen LogP contribution < -0.4 is 5.32 Å². The highest BCUT2D eigenvalue weighted by Crippen LogP contribution is 2.21. The molecule has 0 saturated heterocycles. The number of unbranched alkanes of at least 4 members (excludes halogenated alkanes) is 8. The molecule has 0 aliphatic carbocycles. The van der Waals surface area contributed by atoms with Crippen LogP contribution in [0.3, 0.4) is 0 Å². The Balaban J connectivity index is 3.76. The Morgan fingerprint density at radius 2 is 1.19 bits per heavy atom. The first-order valence-corrected chi connectivity index (χ1v) is 10.0. The van der Waals surface area contributed by atoms with Crippen LogP contribution in [0.15, 0.2) is 0 Å². The molecule has 0 amide bonds. The summed E-state index contributed by atoms with van der Waals surface area (Å²) < 4.78 is 0. The minimum Gasteiger partial charge on any atom is -0.314 e. The van der Waals surface area contributed by atoms with Crippen LogP contribution in [0.4, 0.5) is 0 Å². The summed E-state index contributed by atoms with van der Waals surface area (Å²) in [7, 11) is 0. The summed E-state index contributed by atoms with van der Waals surface area (Å²) in [6.07, 6.45) is 18.4. The minimum atomic E-state index is 0.770. The first-order valence-electron chi connectivity index (χ1n) is 10.0. The molecule has 0 heterocycles. The Bertz CT molecular complexity index is 190. The summed E-state index contributed by atoms with van der Waals surface area (Å²) in [5.41, 5.74) is 0. The van der Waals surface area contributed by atoms with E-state index in [1.807, 2.05) is 0 Å². The maximum absolute atomic E-state index is 3.76. The van der Waals surface area contributed by atoms with E-state index >= 15 is 0 Å². The van der Waals surface area contributed by atoms with Crippen LogP contribution in [0.1, 0.15) is 111 Å². The van der Waals surface area contributed by atoms with E-state index in [9.17, 15) is 0 Å². The number of nitrogens with one attached hydrogen (secondary N) is 1. The summed E-state index contributed by atoms with van der Waals surface area (Å²) >= 11 is 0. The van der Waals surface area contributed by atoms with Gasteiger partial charge >= 0.3 is 0 Å². The van der Waals surface area contributed by atoms with Crippen LogP contribution in [0.5, 0.6) is 0 Å². The first-order chi connectivity index (χ1) is 10.3. The van der Waals surface area contributed by atoms with E-state index < -0.39 is 0 Å². The molecular weight excluding hydrogens is 254 g/mol. The van der Waals surface area contributed by atoms with Gasteiger partial charge in [-0.3, -0.25) is 0 Å². The monoisotopic (exact) mass is 297 g/mol. The Hall–Kier alpha value is -0.0400. The van der Waals surface area contributed by atoms with Crippen LogP contribution in [-0.4, -0.2) is 12.6 Å². The standard InChI is InChI=1S/C20H43N/c1-5-9-11-12-13-14-15-16-18-20(21-8-4)19(7-3)17-10-6-2/h19-21H,5-18H2,1-4H3. The lowest BCUT2D eigenvalue weighted by atomic mass is 9.88. The molecule has 2 atom stereocenters. The fourth-order valence-corrected chi connectivity index (χ4v) is 3.42. The molecule has 0 bridgehead atoms. The molecular formula is C20H43N. The number of hydrogen-bond acceptors (Lipinski definition) is 1. The SMILES string of the molecule is CCCCCCCCCCC(NCC)C(CC)CCCC. The Labute approximate surface area is 135 Å². The zero-order chi connectivity index (χ0) is 15.8. The lowest BCUT2D eigenvalue weighted by Crippen LogP contribution is -2.36. The van der Waals surface area contributed by atoms with Crippen molar-refractivity contribution in [2.24, 2.45) is 5.92 Å². The summed E-state index contributed by atoms with van der Waals surface area (Å²) in [6, 6.07) is 0.770. The molecule has 1 N–H and O–H groups in total.